The van der Waals surface area contributed by atoms with Crippen molar-refractivity contribution in [2.24, 2.45) is 5.73 Å². The molecule has 1 atom stereocenters. The van der Waals surface area contributed by atoms with Crippen molar-refractivity contribution in [1.29, 1.82) is 0 Å². The Morgan fingerprint density at radius 1 is 1.00 bits per heavy atom. The molecule has 0 saturated carbocycles. The van der Waals surface area contributed by atoms with Gasteiger partial charge in [0.05, 0.1) is 0 Å². The second-order valence-corrected chi connectivity index (χ2v) is 3.81. The van der Waals surface area contributed by atoms with Crippen LogP contribution in [-0.2, 0) is 0 Å². The molecule has 2 aromatic rings. The minimum atomic E-state index is -4.45. The third-order valence-corrected chi connectivity index (χ3v) is 2.56. The van der Waals surface area contributed by atoms with Gasteiger partial charge in [0.15, 0.2) is 0 Å². The van der Waals surface area contributed by atoms with Crippen LogP contribution in [0.4, 0.5) is 13.2 Å². The number of alkyl halides is 3. The summed E-state index contributed by atoms with van der Waals surface area (Å²) in [5, 5.41) is 10.5. The first kappa shape index (κ1) is 14.6. The second-order valence-electron chi connectivity index (χ2n) is 3.81. The molecule has 6 heteroatoms. The summed E-state index contributed by atoms with van der Waals surface area (Å²) in [6.07, 6.45) is -4.45. The highest BCUT2D eigenvalue weighted by Crippen LogP contribution is 2.32. The largest absolute Gasteiger partial charge is 0.508 e. The first-order chi connectivity index (χ1) is 7.88. The van der Waals surface area contributed by atoms with Crippen LogP contribution in [0.15, 0.2) is 36.4 Å². The fourth-order valence-corrected chi connectivity index (χ4v) is 1.63. The lowest BCUT2D eigenvalue weighted by molar-refractivity contribution is -0.149. The van der Waals surface area contributed by atoms with E-state index in [4.69, 9.17) is 5.73 Å². The van der Waals surface area contributed by atoms with Crippen LogP contribution in [0.1, 0.15) is 11.6 Å². The van der Waals surface area contributed by atoms with Gasteiger partial charge in [-0.05, 0) is 34.5 Å². The lowest BCUT2D eigenvalue weighted by Crippen LogP contribution is -2.28. The van der Waals surface area contributed by atoms with E-state index in [1.807, 2.05) is 0 Å². The first-order valence-electron chi connectivity index (χ1n) is 4.93. The highest BCUT2D eigenvalue weighted by atomic mass is 35.5. The Bertz CT molecular complexity index is 557. The molecular formula is C12H11ClF3NO. The van der Waals surface area contributed by atoms with Gasteiger partial charge >= 0.3 is 6.18 Å². The average Bonchev–Trinajstić information content (AvgIpc) is 2.26. The molecule has 2 rings (SSSR count). The highest BCUT2D eigenvalue weighted by molar-refractivity contribution is 5.85. The zero-order chi connectivity index (χ0) is 12.6. The monoisotopic (exact) mass is 277 g/mol. The van der Waals surface area contributed by atoms with Gasteiger partial charge in [0, 0.05) is 0 Å². The molecule has 2 aromatic carbocycles. The van der Waals surface area contributed by atoms with Gasteiger partial charge in [-0.3, -0.25) is 0 Å². The van der Waals surface area contributed by atoms with E-state index in [-0.39, 0.29) is 23.7 Å². The van der Waals surface area contributed by atoms with E-state index in [2.05, 4.69) is 0 Å². The summed E-state index contributed by atoms with van der Waals surface area (Å²) in [5.74, 6) is 0.0744. The summed E-state index contributed by atoms with van der Waals surface area (Å²) in [4.78, 5) is 0. The molecule has 0 spiro atoms. The van der Waals surface area contributed by atoms with E-state index in [0.717, 1.165) is 0 Å². The molecule has 0 aliphatic heterocycles. The van der Waals surface area contributed by atoms with Gasteiger partial charge in [-0.25, -0.2) is 0 Å². The number of hydrogen-bond donors (Lipinski definition) is 2. The molecule has 3 N–H and O–H groups in total. The molecule has 18 heavy (non-hydrogen) atoms. The lowest BCUT2D eigenvalue weighted by Gasteiger charge is -2.16. The molecule has 0 fully saturated rings. The zero-order valence-corrected chi connectivity index (χ0v) is 9.92. The van der Waals surface area contributed by atoms with E-state index >= 15 is 0 Å². The molecule has 0 radical (unpaired) electrons. The van der Waals surface area contributed by atoms with Crippen molar-refractivity contribution < 1.29 is 18.3 Å². The van der Waals surface area contributed by atoms with Crippen molar-refractivity contribution in [2.45, 2.75) is 12.2 Å². The van der Waals surface area contributed by atoms with E-state index in [1.54, 1.807) is 6.07 Å². The van der Waals surface area contributed by atoms with E-state index in [9.17, 15) is 18.3 Å². The van der Waals surface area contributed by atoms with Crippen molar-refractivity contribution in [3.8, 4) is 5.75 Å². The number of hydrogen-bond acceptors (Lipinski definition) is 2. The molecule has 0 aromatic heterocycles. The summed E-state index contributed by atoms with van der Waals surface area (Å²) in [6.45, 7) is 0. The summed E-state index contributed by atoms with van der Waals surface area (Å²) >= 11 is 0. The number of rotatable bonds is 1. The zero-order valence-electron chi connectivity index (χ0n) is 9.11. The Morgan fingerprint density at radius 2 is 1.56 bits per heavy atom. The van der Waals surface area contributed by atoms with Gasteiger partial charge in [-0.15, -0.1) is 12.4 Å². The molecule has 0 saturated heterocycles. The molecule has 0 unspecified atom stereocenters. The van der Waals surface area contributed by atoms with Crippen molar-refractivity contribution >= 4 is 23.2 Å². The summed E-state index contributed by atoms with van der Waals surface area (Å²) in [5.41, 5.74) is 5.13. The van der Waals surface area contributed by atoms with E-state index in [1.165, 1.54) is 30.3 Å². The Hall–Kier alpha value is -1.46. The Kier molecular flexibility index (Phi) is 4.09. The third kappa shape index (κ3) is 2.86. The first-order valence-corrected chi connectivity index (χ1v) is 4.93. The smallest absolute Gasteiger partial charge is 0.407 e. The number of aromatic hydroxyl groups is 1. The van der Waals surface area contributed by atoms with Crippen molar-refractivity contribution in [3.05, 3.63) is 42.0 Å². The number of fused-ring (bicyclic) bond motifs is 1. The fourth-order valence-electron chi connectivity index (χ4n) is 1.63. The van der Waals surface area contributed by atoms with Gasteiger partial charge < -0.3 is 10.8 Å². The summed E-state index contributed by atoms with van der Waals surface area (Å²) in [6, 6.07) is 6.68. The standard InChI is InChI=1S/C12H10F3NO.ClH/c13-12(14,15)11(16)9-2-1-8-6-10(17)4-3-7(8)5-9;/h1-6,11,17H,16H2;1H/t11-;/m1./s1. The predicted octanol–water partition coefficient (Wildman–Crippen LogP) is 3.53. The Labute approximate surface area is 108 Å². The minimum absolute atomic E-state index is 0. The highest BCUT2D eigenvalue weighted by Gasteiger charge is 2.37. The van der Waals surface area contributed by atoms with E-state index in [0.29, 0.717) is 10.8 Å². The number of phenols is 1. The van der Waals surface area contributed by atoms with E-state index < -0.39 is 12.2 Å². The van der Waals surface area contributed by atoms with Gasteiger partial charge in [0.2, 0.25) is 0 Å². The van der Waals surface area contributed by atoms with Gasteiger partial charge in [0.25, 0.3) is 0 Å². The number of phenolic OH excluding ortho intramolecular Hbond substituents is 1. The molecule has 0 aliphatic rings. The van der Waals surface area contributed by atoms with Crippen LogP contribution in [0.25, 0.3) is 10.8 Å². The molecule has 98 valence electrons. The summed E-state index contributed by atoms with van der Waals surface area (Å²) < 4.78 is 37.3. The normalized spacial score (nSPS) is 13.1. The van der Waals surface area contributed by atoms with Crippen LogP contribution in [0, 0.1) is 0 Å². The van der Waals surface area contributed by atoms with Crippen LogP contribution in [0.3, 0.4) is 0 Å². The molecule has 0 heterocycles. The SMILES string of the molecule is Cl.N[C@H](c1ccc2cc(O)ccc2c1)C(F)(F)F. The Morgan fingerprint density at radius 3 is 2.17 bits per heavy atom. The molecule has 0 aliphatic carbocycles. The molecular weight excluding hydrogens is 267 g/mol. The van der Waals surface area contributed by atoms with Gasteiger partial charge in [-0.1, -0.05) is 18.2 Å². The maximum atomic E-state index is 12.4. The van der Waals surface area contributed by atoms with Crippen LogP contribution < -0.4 is 5.73 Å². The van der Waals surface area contributed by atoms with Crippen molar-refractivity contribution in [1.82, 2.24) is 0 Å². The molecule has 0 amide bonds. The van der Waals surface area contributed by atoms with Crippen LogP contribution in [-0.4, -0.2) is 11.3 Å². The van der Waals surface area contributed by atoms with Crippen LogP contribution in [0.2, 0.25) is 0 Å². The molecule has 2 nitrogen and oxygen atoms in total. The van der Waals surface area contributed by atoms with Gasteiger partial charge in [0.1, 0.15) is 11.8 Å². The van der Waals surface area contributed by atoms with Crippen LogP contribution >= 0.6 is 12.4 Å². The van der Waals surface area contributed by atoms with Gasteiger partial charge in [-0.2, -0.15) is 13.2 Å². The number of benzene rings is 2. The maximum absolute atomic E-state index is 12.4. The number of halogens is 4. The average molecular weight is 278 g/mol. The minimum Gasteiger partial charge on any atom is -0.508 e. The predicted molar refractivity (Wildman–Crippen MR) is 65.8 cm³/mol. The van der Waals surface area contributed by atoms with Crippen LogP contribution in [0.5, 0.6) is 5.75 Å². The summed E-state index contributed by atoms with van der Waals surface area (Å²) in [7, 11) is 0. The Balaban J connectivity index is 0.00000162. The molecule has 0 bridgehead atoms. The fraction of sp³-hybridized carbons (Fsp3) is 0.167. The third-order valence-electron chi connectivity index (χ3n) is 2.56. The lowest BCUT2D eigenvalue weighted by atomic mass is 10.0. The topological polar surface area (TPSA) is 46.2 Å². The second kappa shape index (κ2) is 5.04. The maximum Gasteiger partial charge on any atom is 0.407 e. The quantitative estimate of drug-likeness (QED) is 0.838. The van der Waals surface area contributed by atoms with Crippen molar-refractivity contribution in [3.63, 3.8) is 0 Å². The van der Waals surface area contributed by atoms with Crippen molar-refractivity contribution in [2.75, 3.05) is 0 Å². The number of nitrogens with two attached hydrogens (primary N) is 1.